The Morgan fingerprint density at radius 1 is 1.50 bits per heavy atom. The van der Waals surface area contributed by atoms with Gasteiger partial charge in [0.1, 0.15) is 5.75 Å². The number of nitrogens with zero attached hydrogens (tertiary/aromatic N) is 2. The molecule has 0 aliphatic carbocycles. The number of ether oxygens (including phenoxy) is 1. The van der Waals surface area contributed by atoms with Crippen LogP contribution in [0.4, 0.5) is 0 Å². The summed E-state index contributed by atoms with van der Waals surface area (Å²) in [7, 11) is 1.61. The normalized spacial score (nSPS) is 21.0. The molecular formula is C15H20N2O3. The SMILES string of the molecule is COc1ccccc1CC(=O)N1CC/C(=N/O)C(C)C1. The Morgan fingerprint density at radius 3 is 2.90 bits per heavy atom. The van der Waals surface area contributed by atoms with Crippen LogP contribution in [0.1, 0.15) is 18.9 Å². The van der Waals surface area contributed by atoms with Crippen molar-refractivity contribution >= 4 is 11.6 Å². The quantitative estimate of drug-likeness (QED) is 0.678. The standard InChI is InChI=1S/C15H20N2O3/c1-11-10-17(8-7-13(11)16-19)15(18)9-12-5-3-4-6-14(12)20-2/h3-6,11,19H,7-10H2,1-2H3/b16-13-. The number of likely N-dealkylation sites (tertiary alicyclic amines) is 1. The molecule has 0 bridgehead atoms. The third-order valence-electron chi connectivity index (χ3n) is 3.72. The van der Waals surface area contributed by atoms with Crippen molar-refractivity contribution in [3.05, 3.63) is 29.8 Å². The highest BCUT2D eigenvalue weighted by Crippen LogP contribution is 2.20. The molecule has 1 fully saturated rings. The van der Waals surface area contributed by atoms with Crippen molar-refractivity contribution in [2.75, 3.05) is 20.2 Å². The molecule has 1 aromatic carbocycles. The molecule has 1 N–H and O–H groups in total. The van der Waals surface area contributed by atoms with Crippen LogP contribution in [0.25, 0.3) is 0 Å². The summed E-state index contributed by atoms with van der Waals surface area (Å²) in [5.41, 5.74) is 1.67. The maximum atomic E-state index is 12.3. The van der Waals surface area contributed by atoms with Crippen molar-refractivity contribution in [2.45, 2.75) is 19.8 Å². The van der Waals surface area contributed by atoms with Gasteiger partial charge in [0.05, 0.1) is 19.2 Å². The molecule has 1 aromatic rings. The van der Waals surface area contributed by atoms with Crippen molar-refractivity contribution in [3.8, 4) is 5.75 Å². The van der Waals surface area contributed by atoms with Crippen LogP contribution in [0.5, 0.6) is 5.75 Å². The van der Waals surface area contributed by atoms with Gasteiger partial charge in [-0.05, 0) is 6.07 Å². The summed E-state index contributed by atoms with van der Waals surface area (Å²) in [5, 5.41) is 12.2. The van der Waals surface area contributed by atoms with Crippen LogP contribution < -0.4 is 4.74 Å². The Hall–Kier alpha value is -2.04. The van der Waals surface area contributed by atoms with E-state index in [-0.39, 0.29) is 11.8 Å². The van der Waals surface area contributed by atoms with Gasteiger partial charge in [-0.1, -0.05) is 30.3 Å². The number of carbonyl (C=O) groups is 1. The number of methoxy groups -OCH3 is 1. The zero-order valence-corrected chi connectivity index (χ0v) is 11.9. The van der Waals surface area contributed by atoms with Gasteiger partial charge in [-0.3, -0.25) is 4.79 Å². The van der Waals surface area contributed by atoms with Crippen LogP contribution in [-0.2, 0) is 11.2 Å². The van der Waals surface area contributed by atoms with Gasteiger partial charge in [-0.2, -0.15) is 0 Å². The number of oxime groups is 1. The first-order chi connectivity index (χ1) is 9.65. The lowest BCUT2D eigenvalue weighted by Gasteiger charge is -2.31. The predicted octanol–water partition coefficient (Wildman–Crippen LogP) is 1.94. The van der Waals surface area contributed by atoms with Crippen molar-refractivity contribution in [1.29, 1.82) is 0 Å². The second-order valence-corrected chi connectivity index (χ2v) is 5.07. The smallest absolute Gasteiger partial charge is 0.227 e. The molecular weight excluding hydrogens is 256 g/mol. The molecule has 5 nitrogen and oxygen atoms in total. The van der Waals surface area contributed by atoms with Crippen LogP contribution in [0.3, 0.4) is 0 Å². The van der Waals surface area contributed by atoms with Gasteiger partial charge in [-0.25, -0.2) is 0 Å². The topological polar surface area (TPSA) is 62.1 Å². The van der Waals surface area contributed by atoms with Crippen LogP contribution in [-0.4, -0.2) is 41.9 Å². The van der Waals surface area contributed by atoms with E-state index in [1.165, 1.54) is 0 Å². The fourth-order valence-electron chi connectivity index (χ4n) is 2.52. The molecule has 1 amide bonds. The van der Waals surface area contributed by atoms with Crippen molar-refractivity contribution in [1.82, 2.24) is 4.90 Å². The first-order valence-corrected chi connectivity index (χ1v) is 6.76. The lowest BCUT2D eigenvalue weighted by atomic mass is 9.97. The summed E-state index contributed by atoms with van der Waals surface area (Å²) in [4.78, 5) is 14.2. The van der Waals surface area contributed by atoms with Crippen molar-refractivity contribution < 1.29 is 14.7 Å². The lowest BCUT2D eigenvalue weighted by molar-refractivity contribution is -0.131. The molecule has 0 aromatic heterocycles. The second-order valence-electron chi connectivity index (χ2n) is 5.07. The van der Waals surface area contributed by atoms with Crippen LogP contribution >= 0.6 is 0 Å². The average Bonchev–Trinajstić information content (AvgIpc) is 2.47. The minimum absolute atomic E-state index is 0.0818. The number of carbonyl (C=O) groups excluding carboxylic acids is 1. The summed E-state index contributed by atoms with van der Waals surface area (Å²) in [6, 6.07) is 7.56. The molecule has 1 saturated heterocycles. The molecule has 0 saturated carbocycles. The zero-order chi connectivity index (χ0) is 14.5. The number of hydrogen-bond donors (Lipinski definition) is 1. The first-order valence-electron chi connectivity index (χ1n) is 6.76. The Balaban J connectivity index is 2.02. The van der Waals surface area contributed by atoms with Gasteiger partial charge >= 0.3 is 0 Å². The zero-order valence-electron chi connectivity index (χ0n) is 11.9. The van der Waals surface area contributed by atoms with E-state index >= 15 is 0 Å². The van der Waals surface area contributed by atoms with E-state index < -0.39 is 0 Å². The Labute approximate surface area is 118 Å². The molecule has 108 valence electrons. The molecule has 1 aliphatic rings. The van der Waals surface area contributed by atoms with Gasteiger partial charge in [0.2, 0.25) is 5.91 Å². The molecule has 20 heavy (non-hydrogen) atoms. The molecule has 1 unspecified atom stereocenters. The molecule has 1 atom stereocenters. The lowest BCUT2D eigenvalue weighted by Crippen LogP contribution is -2.43. The monoisotopic (exact) mass is 276 g/mol. The van der Waals surface area contributed by atoms with Gasteiger partial charge in [0.25, 0.3) is 0 Å². The van der Waals surface area contributed by atoms with Crippen molar-refractivity contribution in [3.63, 3.8) is 0 Å². The number of amides is 1. The highest BCUT2D eigenvalue weighted by atomic mass is 16.5. The van der Waals surface area contributed by atoms with Crippen LogP contribution in [0.15, 0.2) is 29.4 Å². The van der Waals surface area contributed by atoms with E-state index in [2.05, 4.69) is 5.16 Å². The number of hydrogen-bond acceptors (Lipinski definition) is 4. The summed E-state index contributed by atoms with van der Waals surface area (Å²) in [6.45, 7) is 3.18. The molecule has 2 rings (SSSR count). The summed E-state index contributed by atoms with van der Waals surface area (Å²) in [5.74, 6) is 0.928. The van der Waals surface area contributed by atoms with E-state index in [9.17, 15) is 4.79 Å². The van der Waals surface area contributed by atoms with E-state index in [1.807, 2.05) is 36.1 Å². The Kier molecular flexibility index (Phi) is 4.61. The molecule has 5 heteroatoms. The minimum atomic E-state index is 0.0818. The van der Waals surface area contributed by atoms with E-state index in [0.717, 1.165) is 17.0 Å². The predicted molar refractivity (Wildman–Crippen MR) is 76.3 cm³/mol. The van der Waals surface area contributed by atoms with E-state index in [4.69, 9.17) is 9.94 Å². The number of benzene rings is 1. The minimum Gasteiger partial charge on any atom is -0.496 e. The summed E-state index contributed by atoms with van der Waals surface area (Å²) in [6.07, 6.45) is 0.970. The summed E-state index contributed by atoms with van der Waals surface area (Å²) >= 11 is 0. The number of rotatable bonds is 3. The maximum Gasteiger partial charge on any atom is 0.227 e. The van der Waals surface area contributed by atoms with Gasteiger partial charge in [0.15, 0.2) is 0 Å². The number of para-hydroxylation sites is 1. The van der Waals surface area contributed by atoms with E-state index in [1.54, 1.807) is 7.11 Å². The third-order valence-corrected chi connectivity index (χ3v) is 3.72. The Bertz CT molecular complexity index is 514. The first kappa shape index (κ1) is 14.4. The van der Waals surface area contributed by atoms with Crippen LogP contribution in [0.2, 0.25) is 0 Å². The highest BCUT2D eigenvalue weighted by Gasteiger charge is 2.26. The van der Waals surface area contributed by atoms with Gasteiger partial charge in [-0.15, -0.1) is 0 Å². The van der Waals surface area contributed by atoms with Gasteiger partial charge < -0.3 is 14.8 Å². The maximum absolute atomic E-state index is 12.3. The fraction of sp³-hybridized carbons (Fsp3) is 0.467. The second kappa shape index (κ2) is 6.41. The van der Waals surface area contributed by atoms with Crippen LogP contribution in [0, 0.1) is 5.92 Å². The fourth-order valence-corrected chi connectivity index (χ4v) is 2.52. The Morgan fingerprint density at radius 2 is 2.25 bits per heavy atom. The largest absolute Gasteiger partial charge is 0.496 e. The van der Waals surface area contributed by atoms with Crippen molar-refractivity contribution in [2.24, 2.45) is 11.1 Å². The third kappa shape index (κ3) is 3.10. The average molecular weight is 276 g/mol. The van der Waals surface area contributed by atoms with Gasteiger partial charge in [0, 0.05) is 31.0 Å². The van der Waals surface area contributed by atoms with E-state index in [0.29, 0.717) is 25.9 Å². The molecule has 0 radical (unpaired) electrons. The highest BCUT2D eigenvalue weighted by molar-refractivity contribution is 5.89. The molecule has 0 spiro atoms. The molecule has 1 heterocycles. The number of piperidine rings is 1. The summed E-state index contributed by atoms with van der Waals surface area (Å²) < 4.78 is 5.27. The molecule has 1 aliphatic heterocycles.